The lowest BCUT2D eigenvalue weighted by atomic mass is 9.83. The van der Waals surface area contributed by atoms with Gasteiger partial charge in [0.2, 0.25) is 11.8 Å². The summed E-state index contributed by atoms with van der Waals surface area (Å²) in [7, 11) is 2.63. The highest BCUT2D eigenvalue weighted by molar-refractivity contribution is 5.88. The number of ether oxygens (including phenoxy) is 3. The molecule has 15 heteroatoms. The molecule has 15 nitrogen and oxygen atoms in total. The Kier molecular flexibility index (Phi) is 11.3. The summed E-state index contributed by atoms with van der Waals surface area (Å²) >= 11 is 0. The quantitative estimate of drug-likeness (QED) is 0.139. The second-order valence-electron chi connectivity index (χ2n) is 17.6. The first kappa shape index (κ1) is 40.7. The highest BCUT2D eigenvalue weighted by Crippen LogP contribution is 2.50. The van der Waals surface area contributed by atoms with E-state index in [4.69, 9.17) is 24.2 Å². The summed E-state index contributed by atoms with van der Waals surface area (Å²) in [6, 6.07) is 11.5. The minimum absolute atomic E-state index is 0.0210. The van der Waals surface area contributed by atoms with Crippen molar-refractivity contribution in [1.29, 1.82) is 0 Å². The smallest absolute Gasteiger partial charge is 0.407 e. The summed E-state index contributed by atoms with van der Waals surface area (Å²) in [5, 5.41) is 5.60. The standard InChI is InChI=1S/C46H56N8O7/c1-25(2)38(51-45(57)59-3)43(55)53-17-5-6-37(53)41-47-23-35(49-41)29-10-13-33-27(20-29)7-8-28-21-30(11-14-34(28)33)36-24-48-42(50-36)40-31-9-12-32(22-31)54(40)44(56)39(52-46(58)60-4)26-15-18-61-19-16-26/h10-11,13-14,20-21,23-26,31-32,37-40H,5-9,12,15-19,22H2,1-4H3,(H,47,49)(H,48,50)(H,51,57)(H,52,58)/t31-,32+,37-,38-,39?,40-/m0/s1. The Balaban J connectivity index is 0.909. The number of aromatic amines is 2. The van der Waals surface area contributed by atoms with Gasteiger partial charge in [0.15, 0.2) is 0 Å². The summed E-state index contributed by atoms with van der Waals surface area (Å²) in [6.45, 7) is 5.56. The Hall–Kier alpha value is -5.70. The van der Waals surface area contributed by atoms with E-state index in [1.165, 1.54) is 36.5 Å². The van der Waals surface area contributed by atoms with Gasteiger partial charge in [0, 0.05) is 25.8 Å². The zero-order valence-corrected chi connectivity index (χ0v) is 35.4. The van der Waals surface area contributed by atoms with Crippen LogP contribution >= 0.6 is 0 Å². The number of rotatable bonds is 10. The predicted octanol–water partition coefficient (Wildman–Crippen LogP) is 6.48. The molecule has 322 valence electrons. The van der Waals surface area contributed by atoms with Crippen LogP contribution in [0, 0.1) is 17.8 Å². The van der Waals surface area contributed by atoms with Crippen molar-refractivity contribution in [1.82, 2.24) is 40.4 Å². The summed E-state index contributed by atoms with van der Waals surface area (Å²) in [5.41, 5.74) is 8.87. The van der Waals surface area contributed by atoms with Crippen molar-refractivity contribution in [2.45, 2.75) is 102 Å². The van der Waals surface area contributed by atoms with Gasteiger partial charge in [-0.05, 0) is 121 Å². The number of carbonyl (C=O) groups excluding carboxylic acids is 4. The van der Waals surface area contributed by atoms with Crippen molar-refractivity contribution in [3.8, 4) is 33.6 Å². The Morgan fingerprint density at radius 1 is 0.787 bits per heavy atom. The first-order chi connectivity index (χ1) is 29.6. The van der Waals surface area contributed by atoms with E-state index >= 15 is 0 Å². The number of amides is 4. The third-order valence-electron chi connectivity index (χ3n) is 13.8. The third kappa shape index (κ3) is 7.77. The number of nitrogens with one attached hydrogen (secondary N) is 4. The lowest BCUT2D eigenvalue weighted by molar-refractivity contribution is -0.140. The third-order valence-corrected chi connectivity index (χ3v) is 13.8. The zero-order valence-electron chi connectivity index (χ0n) is 35.4. The molecule has 3 saturated heterocycles. The average molecular weight is 833 g/mol. The first-order valence-corrected chi connectivity index (χ1v) is 21.9. The monoisotopic (exact) mass is 832 g/mol. The van der Waals surface area contributed by atoms with Crippen molar-refractivity contribution >= 4 is 24.0 Å². The van der Waals surface area contributed by atoms with Crippen LogP contribution in [0.2, 0.25) is 0 Å². The van der Waals surface area contributed by atoms with E-state index < -0.39 is 24.3 Å². The predicted molar refractivity (Wildman–Crippen MR) is 226 cm³/mol. The van der Waals surface area contributed by atoms with Crippen LogP contribution in [-0.2, 0) is 36.6 Å². The van der Waals surface area contributed by atoms with Crippen LogP contribution in [0.1, 0.15) is 93.7 Å². The maximum absolute atomic E-state index is 14.4. The molecule has 2 aromatic heterocycles. The number of benzene rings is 2. The van der Waals surface area contributed by atoms with Gasteiger partial charge in [0.25, 0.3) is 0 Å². The number of hydrogen-bond acceptors (Lipinski definition) is 9. The topological polar surface area (TPSA) is 184 Å². The highest BCUT2D eigenvalue weighted by Gasteiger charge is 2.52. The molecule has 5 heterocycles. The number of methoxy groups -OCH3 is 2. The average Bonchev–Trinajstić information content (AvgIpc) is 4.15. The summed E-state index contributed by atoms with van der Waals surface area (Å²) in [5.74, 6) is 1.53. The van der Waals surface area contributed by atoms with Crippen LogP contribution < -0.4 is 10.6 Å². The molecular formula is C46H56N8O7. The molecule has 4 N–H and O–H groups in total. The number of fused-ring (bicyclic) bond motifs is 5. The number of aryl methyl sites for hydroxylation is 2. The van der Waals surface area contributed by atoms with E-state index in [0.717, 1.165) is 79.1 Å². The van der Waals surface area contributed by atoms with Gasteiger partial charge in [-0.1, -0.05) is 38.1 Å². The highest BCUT2D eigenvalue weighted by atomic mass is 16.5. The number of H-pyrrole nitrogens is 2. The summed E-state index contributed by atoms with van der Waals surface area (Å²) in [6.07, 6.45) is 10.3. The molecule has 4 amide bonds. The molecule has 2 aliphatic carbocycles. The van der Waals surface area contributed by atoms with E-state index in [1.807, 2.05) is 36.0 Å². The second-order valence-corrected chi connectivity index (χ2v) is 17.6. The molecule has 2 bridgehead atoms. The van der Waals surface area contributed by atoms with Crippen LogP contribution in [0.5, 0.6) is 0 Å². The molecule has 61 heavy (non-hydrogen) atoms. The van der Waals surface area contributed by atoms with Crippen LogP contribution in [0.4, 0.5) is 9.59 Å². The van der Waals surface area contributed by atoms with Gasteiger partial charge in [-0.3, -0.25) is 9.59 Å². The van der Waals surface area contributed by atoms with Crippen molar-refractivity contribution in [2.75, 3.05) is 34.0 Å². The second kappa shape index (κ2) is 17.0. The SMILES string of the molecule is COC(=O)NC(C(=O)N1[C@@H]2CC[C@@H](C2)[C@H]1c1ncc(-c2ccc3c(c2)CCc2cc(-c4cnc([C@@H]5CCCN5C(=O)[C@@H](NC(=O)OC)C(C)C)[nH]4)ccc2-3)[nH]1)C1CCOCC1. The molecular weight excluding hydrogens is 777 g/mol. The van der Waals surface area contributed by atoms with Gasteiger partial charge in [0.05, 0.1) is 50.1 Å². The number of imidazole rings is 2. The van der Waals surface area contributed by atoms with Gasteiger partial charge < -0.3 is 44.6 Å². The van der Waals surface area contributed by atoms with E-state index in [0.29, 0.717) is 38.5 Å². The zero-order chi connectivity index (χ0) is 42.4. The van der Waals surface area contributed by atoms with Gasteiger partial charge in [-0.15, -0.1) is 0 Å². The number of carbonyl (C=O) groups is 4. The Bertz CT molecular complexity index is 2300. The van der Waals surface area contributed by atoms with Gasteiger partial charge in [-0.2, -0.15) is 0 Å². The van der Waals surface area contributed by atoms with Gasteiger partial charge in [0.1, 0.15) is 23.7 Å². The van der Waals surface area contributed by atoms with Crippen LogP contribution in [0.25, 0.3) is 33.6 Å². The lowest BCUT2D eigenvalue weighted by Crippen LogP contribution is -2.55. The van der Waals surface area contributed by atoms with Crippen molar-refractivity contribution in [2.24, 2.45) is 17.8 Å². The normalized spacial score (nSPS) is 23.0. The van der Waals surface area contributed by atoms with Gasteiger partial charge in [-0.25, -0.2) is 19.6 Å². The first-order valence-electron chi connectivity index (χ1n) is 21.9. The van der Waals surface area contributed by atoms with Crippen molar-refractivity contribution in [3.05, 3.63) is 71.6 Å². The van der Waals surface area contributed by atoms with E-state index in [-0.39, 0.29) is 41.8 Å². The lowest BCUT2D eigenvalue weighted by Gasteiger charge is -2.39. The molecule has 9 rings (SSSR count). The maximum atomic E-state index is 14.4. The Labute approximate surface area is 355 Å². The Morgan fingerprint density at radius 3 is 2.05 bits per heavy atom. The fourth-order valence-electron chi connectivity index (χ4n) is 10.6. The number of alkyl carbamates (subject to hydrolysis) is 2. The van der Waals surface area contributed by atoms with Crippen LogP contribution in [-0.4, -0.2) is 106 Å². The van der Waals surface area contributed by atoms with Gasteiger partial charge >= 0.3 is 12.2 Å². The molecule has 6 atom stereocenters. The summed E-state index contributed by atoms with van der Waals surface area (Å²) in [4.78, 5) is 73.2. The van der Waals surface area contributed by atoms with E-state index in [2.05, 4.69) is 57.0 Å². The number of piperidine rings is 1. The molecule has 4 fully saturated rings. The molecule has 5 aliphatic rings. The molecule has 1 unspecified atom stereocenters. The number of nitrogens with zero attached hydrogens (tertiary/aromatic N) is 4. The molecule has 3 aliphatic heterocycles. The molecule has 1 saturated carbocycles. The number of hydrogen-bond donors (Lipinski definition) is 4. The minimum atomic E-state index is -0.686. The largest absolute Gasteiger partial charge is 0.453 e. The molecule has 0 radical (unpaired) electrons. The Morgan fingerprint density at radius 2 is 1.41 bits per heavy atom. The van der Waals surface area contributed by atoms with Crippen LogP contribution in [0.3, 0.4) is 0 Å². The van der Waals surface area contributed by atoms with E-state index in [9.17, 15) is 19.2 Å². The number of likely N-dealkylation sites (tertiary alicyclic amines) is 2. The maximum Gasteiger partial charge on any atom is 0.407 e. The molecule has 4 aromatic rings. The van der Waals surface area contributed by atoms with E-state index in [1.54, 1.807) is 0 Å². The molecule has 0 spiro atoms. The molecule has 2 aromatic carbocycles. The minimum Gasteiger partial charge on any atom is -0.453 e. The van der Waals surface area contributed by atoms with Crippen LogP contribution in [0.15, 0.2) is 48.8 Å². The fourth-order valence-corrected chi connectivity index (χ4v) is 10.6. The summed E-state index contributed by atoms with van der Waals surface area (Å²) < 4.78 is 15.3. The fraction of sp³-hybridized carbons (Fsp3) is 0.522. The number of aromatic nitrogens is 4. The van der Waals surface area contributed by atoms with Crippen molar-refractivity contribution in [3.63, 3.8) is 0 Å². The van der Waals surface area contributed by atoms with Crippen molar-refractivity contribution < 1.29 is 33.4 Å².